The Balaban J connectivity index is 1.73. The van der Waals surface area contributed by atoms with Crippen LogP contribution in [0, 0.1) is 17.7 Å². The van der Waals surface area contributed by atoms with Crippen LogP contribution in [0.25, 0.3) is 0 Å². The van der Waals surface area contributed by atoms with Gasteiger partial charge in [0.2, 0.25) is 0 Å². The Hall–Kier alpha value is -1.66. The Kier molecular flexibility index (Phi) is 3.82. The lowest BCUT2D eigenvalue weighted by Gasteiger charge is -2.47. The van der Waals surface area contributed by atoms with E-state index >= 15 is 0 Å². The highest BCUT2D eigenvalue weighted by Crippen LogP contribution is 2.44. The topological polar surface area (TPSA) is 67.8 Å². The van der Waals surface area contributed by atoms with E-state index in [1.165, 1.54) is 12.1 Å². The largest absolute Gasteiger partial charge is 0.504 e. The van der Waals surface area contributed by atoms with Gasteiger partial charge >= 0.3 is 0 Å². The Bertz CT molecular complexity index is 550. The van der Waals surface area contributed by atoms with Crippen molar-refractivity contribution in [3.63, 3.8) is 0 Å². The second-order valence-corrected chi connectivity index (χ2v) is 5.54. The van der Waals surface area contributed by atoms with Crippen molar-refractivity contribution in [1.82, 2.24) is 5.32 Å². The monoisotopic (exact) mass is 295 g/mol. The summed E-state index contributed by atoms with van der Waals surface area (Å²) in [5.74, 6) is -1.51. The first-order valence-corrected chi connectivity index (χ1v) is 7.02. The average Bonchev–Trinajstić information content (AvgIpc) is 2.89. The molecule has 1 saturated carbocycles. The number of phenolic OH excluding ortho intramolecular Hbond substituents is 1. The van der Waals surface area contributed by atoms with Gasteiger partial charge in [0, 0.05) is 31.6 Å². The molecule has 0 radical (unpaired) electrons. The third-order valence-corrected chi connectivity index (χ3v) is 4.42. The van der Waals surface area contributed by atoms with Crippen LogP contribution < -0.4 is 5.32 Å². The highest BCUT2D eigenvalue weighted by Gasteiger charge is 2.54. The molecule has 1 saturated heterocycles. The van der Waals surface area contributed by atoms with E-state index in [9.17, 15) is 14.3 Å². The maximum atomic E-state index is 13.3. The smallest absolute Gasteiger partial charge is 0.255 e. The minimum Gasteiger partial charge on any atom is -0.504 e. The Morgan fingerprint density at radius 3 is 3.14 bits per heavy atom. The molecule has 1 aromatic rings. The Morgan fingerprint density at radius 1 is 1.57 bits per heavy atom. The molecule has 0 unspecified atom stereocenters. The number of benzene rings is 1. The highest BCUT2D eigenvalue weighted by molar-refractivity contribution is 5.97. The minimum absolute atomic E-state index is 0.0477. The number of phenols is 1. The van der Waals surface area contributed by atoms with Gasteiger partial charge in [0.15, 0.2) is 11.6 Å². The molecule has 114 valence electrons. The third-order valence-electron chi connectivity index (χ3n) is 4.42. The summed E-state index contributed by atoms with van der Waals surface area (Å²) in [5.41, 5.74) is -0.0477. The molecule has 4 atom stereocenters. The standard InChI is InChI=1S/C15H18FNO4/c1-20-7-10-12(8-5-6-21-14(8)10)17-15(19)9-3-2-4-11(16)13(9)18/h2-4,8,10,12,14,18H,5-7H2,1H3,(H,17,19)/t8-,10+,12+,14-/m1/s1. The highest BCUT2D eigenvalue weighted by atomic mass is 19.1. The minimum atomic E-state index is -0.799. The van der Waals surface area contributed by atoms with Crippen LogP contribution >= 0.6 is 0 Å². The van der Waals surface area contributed by atoms with Crippen molar-refractivity contribution in [2.45, 2.75) is 18.6 Å². The van der Waals surface area contributed by atoms with E-state index in [1.54, 1.807) is 7.11 Å². The molecule has 1 aliphatic carbocycles. The number of hydrogen-bond acceptors (Lipinski definition) is 4. The van der Waals surface area contributed by atoms with Gasteiger partial charge in [-0.25, -0.2) is 4.39 Å². The predicted octanol–water partition coefficient (Wildman–Crippen LogP) is 1.31. The van der Waals surface area contributed by atoms with Crippen molar-refractivity contribution in [2.75, 3.05) is 20.3 Å². The fraction of sp³-hybridized carbons (Fsp3) is 0.533. The molecule has 0 spiro atoms. The lowest BCUT2D eigenvalue weighted by Crippen LogP contribution is -2.62. The van der Waals surface area contributed by atoms with Gasteiger partial charge in [-0.3, -0.25) is 4.79 Å². The number of amides is 1. The van der Waals surface area contributed by atoms with Crippen molar-refractivity contribution < 1.29 is 23.8 Å². The first-order chi connectivity index (χ1) is 10.1. The van der Waals surface area contributed by atoms with Crippen molar-refractivity contribution >= 4 is 5.91 Å². The lowest BCUT2D eigenvalue weighted by atomic mass is 9.67. The van der Waals surface area contributed by atoms with Gasteiger partial charge < -0.3 is 19.9 Å². The summed E-state index contributed by atoms with van der Waals surface area (Å²) >= 11 is 0. The van der Waals surface area contributed by atoms with E-state index in [-0.39, 0.29) is 29.5 Å². The molecule has 1 heterocycles. The number of methoxy groups -OCH3 is 1. The number of rotatable bonds is 4. The van der Waals surface area contributed by atoms with Gasteiger partial charge in [-0.05, 0) is 18.6 Å². The molecule has 2 aliphatic rings. The molecule has 3 rings (SSSR count). The number of aromatic hydroxyl groups is 1. The second kappa shape index (κ2) is 5.61. The SMILES string of the molecule is COC[C@H]1[C@@H](NC(=O)c2cccc(F)c2O)[C@H]2CCO[C@H]21. The van der Waals surface area contributed by atoms with Crippen molar-refractivity contribution in [1.29, 1.82) is 0 Å². The summed E-state index contributed by atoms with van der Waals surface area (Å²) in [7, 11) is 1.61. The zero-order valence-corrected chi connectivity index (χ0v) is 11.7. The summed E-state index contributed by atoms with van der Waals surface area (Å²) in [6, 6.07) is 3.86. The van der Waals surface area contributed by atoms with Crippen LogP contribution in [0.4, 0.5) is 4.39 Å². The van der Waals surface area contributed by atoms with E-state index in [0.29, 0.717) is 13.2 Å². The Morgan fingerprint density at radius 2 is 2.38 bits per heavy atom. The third kappa shape index (κ3) is 2.38. The summed E-state index contributed by atoms with van der Waals surface area (Å²) < 4.78 is 24.1. The van der Waals surface area contributed by atoms with E-state index in [4.69, 9.17) is 9.47 Å². The van der Waals surface area contributed by atoms with Crippen LogP contribution in [0.3, 0.4) is 0 Å². The van der Waals surface area contributed by atoms with Gasteiger partial charge in [-0.2, -0.15) is 0 Å². The fourth-order valence-electron chi connectivity index (χ4n) is 3.36. The molecule has 2 N–H and O–H groups in total. The summed E-state index contributed by atoms with van der Waals surface area (Å²) in [6.07, 6.45) is 1.02. The van der Waals surface area contributed by atoms with E-state index in [0.717, 1.165) is 12.5 Å². The molecular weight excluding hydrogens is 277 g/mol. The van der Waals surface area contributed by atoms with E-state index in [1.807, 2.05) is 0 Å². The number of halogens is 1. The van der Waals surface area contributed by atoms with Gasteiger partial charge in [-0.1, -0.05) is 6.07 Å². The summed E-state index contributed by atoms with van der Waals surface area (Å²) in [5, 5.41) is 12.5. The van der Waals surface area contributed by atoms with Crippen LogP contribution in [-0.4, -0.2) is 43.5 Å². The molecule has 0 aromatic heterocycles. The van der Waals surface area contributed by atoms with Crippen molar-refractivity contribution in [3.05, 3.63) is 29.6 Å². The zero-order valence-electron chi connectivity index (χ0n) is 11.7. The average molecular weight is 295 g/mol. The number of carbonyl (C=O) groups is 1. The molecule has 5 nitrogen and oxygen atoms in total. The van der Waals surface area contributed by atoms with Crippen LogP contribution in [-0.2, 0) is 9.47 Å². The van der Waals surface area contributed by atoms with Crippen molar-refractivity contribution in [3.8, 4) is 5.75 Å². The van der Waals surface area contributed by atoms with E-state index < -0.39 is 17.5 Å². The number of fused-ring (bicyclic) bond motifs is 1. The van der Waals surface area contributed by atoms with Gasteiger partial charge in [0.25, 0.3) is 5.91 Å². The molecule has 21 heavy (non-hydrogen) atoms. The quantitative estimate of drug-likeness (QED) is 0.879. The number of nitrogens with one attached hydrogen (secondary N) is 1. The maximum absolute atomic E-state index is 13.3. The van der Waals surface area contributed by atoms with Crippen LogP contribution in [0.2, 0.25) is 0 Å². The number of ether oxygens (including phenoxy) is 2. The molecule has 1 aromatic carbocycles. The van der Waals surface area contributed by atoms with Gasteiger partial charge in [0.1, 0.15) is 0 Å². The Labute approximate surface area is 122 Å². The van der Waals surface area contributed by atoms with Gasteiger partial charge in [0.05, 0.1) is 18.3 Å². The van der Waals surface area contributed by atoms with Crippen LogP contribution in [0.15, 0.2) is 18.2 Å². The summed E-state index contributed by atoms with van der Waals surface area (Å²) in [6.45, 7) is 1.19. The molecule has 0 bridgehead atoms. The maximum Gasteiger partial charge on any atom is 0.255 e. The van der Waals surface area contributed by atoms with Gasteiger partial charge in [-0.15, -0.1) is 0 Å². The number of para-hydroxylation sites is 1. The molecule has 2 fully saturated rings. The first-order valence-electron chi connectivity index (χ1n) is 7.02. The fourth-order valence-corrected chi connectivity index (χ4v) is 3.36. The normalized spacial score (nSPS) is 30.6. The number of hydrogen-bond donors (Lipinski definition) is 2. The van der Waals surface area contributed by atoms with Crippen molar-refractivity contribution in [2.24, 2.45) is 11.8 Å². The van der Waals surface area contributed by atoms with E-state index in [2.05, 4.69) is 5.32 Å². The predicted molar refractivity (Wildman–Crippen MR) is 72.5 cm³/mol. The lowest BCUT2D eigenvalue weighted by molar-refractivity contribution is -0.0809. The molecule has 1 amide bonds. The molecule has 6 heteroatoms. The molecule has 1 aliphatic heterocycles. The van der Waals surface area contributed by atoms with Crippen LogP contribution in [0.5, 0.6) is 5.75 Å². The zero-order chi connectivity index (χ0) is 15.0. The van der Waals surface area contributed by atoms with Crippen LogP contribution in [0.1, 0.15) is 16.8 Å². The second-order valence-electron chi connectivity index (χ2n) is 5.54. The number of carbonyl (C=O) groups excluding carboxylic acids is 1. The molecular formula is C15H18FNO4. The first kappa shape index (κ1) is 14.3. The summed E-state index contributed by atoms with van der Waals surface area (Å²) in [4.78, 5) is 12.2.